The van der Waals surface area contributed by atoms with Crippen molar-refractivity contribution in [1.82, 2.24) is 15.5 Å². The molecule has 22 heavy (non-hydrogen) atoms. The third kappa shape index (κ3) is 5.95. The van der Waals surface area contributed by atoms with Gasteiger partial charge in [-0.3, -0.25) is 9.59 Å². The summed E-state index contributed by atoms with van der Waals surface area (Å²) in [7, 11) is 0. The van der Waals surface area contributed by atoms with Gasteiger partial charge in [0.15, 0.2) is 0 Å². The lowest BCUT2D eigenvalue weighted by Gasteiger charge is -2.22. The van der Waals surface area contributed by atoms with Crippen LogP contribution in [-0.4, -0.2) is 48.9 Å². The minimum Gasteiger partial charge on any atom is -0.353 e. The maximum atomic E-state index is 12.0. The number of rotatable bonds is 7. The van der Waals surface area contributed by atoms with Crippen molar-refractivity contribution in [3.05, 3.63) is 0 Å². The van der Waals surface area contributed by atoms with E-state index in [0.29, 0.717) is 18.9 Å². The average Bonchev–Trinajstić information content (AvgIpc) is 3.01. The van der Waals surface area contributed by atoms with E-state index >= 15 is 0 Å². The van der Waals surface area contributed by atoms with Gasteiger partial charge in [0.05, 0.1) is 0 Å². The van der Waals surface area contributed by atoms with Crippen molar-refractivity contribution >= 4 is 11.8 Å². The van der Waals surface area contributed by atoms with Gasteiger partial charge in [0.25, 0.3) is 0 Å². The summed E-state index contributed by atoms with van der Waals surface area (Å²) in [5, 5.41) is 5.76. The van der Waals surface area contributed by atoms with Crippen LogP contribution in [0.2, 0.25) is 0 Å². The van der Waals surface area contributed by atoms with E-state index in [1.54, 1.807) is 6.92 Å². The summed E-state index contributed by atoms with van der Waals surface area (Å²) >= 11 is 0. The van der Waals surface area contributed by atoms with Gasteiger partial charge in [-0.25, -0.2) is 0 Å². The molecule has 1 aliphatic heterocycles. The normalized spacial score (nSPS) is 21.5. The van der Waals surface area contributed by atoms with Crippen LogP contribution in [0.5, 0.6) is 0 Å². The summed E-state index contributed by atoms with van der Waals surface area (Å²) in [5.74, 6) is 0.462. The second-order valence-electron chi connectivity index (χ2n) is 6.84. The van der Waals surface area contributed by atoms with Crippen LogP contribution in [0.25, 0.3) is 0 Å². The highest BCUT2D eigenvalue weighted by Crippen LogP contribution is 2.26. The number of amides is 2. The van der Waals surface area contributed by atoms with Gasteiger partial charge in [-0.2, -0.15) is 0 Å². The Bertz CT molecular complexity index is 361. The smallest absolute Gasteiger partial charge is 0.242 e. The molecule has 0 spiro atoms. The number of likely N-dealkylation sites (tertiary alicyclic amines) is 1. The lowest BCUT2D eigenvalue weighted by atomic mass is 9.87. The van der Waals surface area contributed by atoms with Gasteiger partial charge in [0.2, 0.25) is 11.8 Å². The third-order valence-corrected chi connectivity index (χ3v) is 4.90. The summed E-state index contributed by atoms with van der Waals surface area (Å²) in [6.45, 7) is 5.63. The van der Waals surface area contributed by atoms with Gasteiger partial charge < -0.3 is 15.5 Å². The van der Waals surface area contributed by atoms with Gasteiger partial charge in [-0.05, 0) is 51.6 Å². The van der Waals surface area contributed by atoms with E-state index in [9.17, 15) is 9.59 Å². The van der Waals surface area contributed by atoms with Crippen LogP contribution in [0.1, 0.15) is 58.3 Å². The molecule has 2 rings (SSSR count). The fourth-order valence-corrected chi connectivity index (χ4v) is 3.52. The first kappa shape index (κ1) is 17.3. The van der Waals surface area contributed by atoms with E-state index in [0.717, 1.165) is 32.5 Å². The van der Waals surface area contributed by atoms with E-state index in [1.165, 1.54) is 32.1 Å². The SMILES string of the molecule is C[C@H](NC(=O)CC1CCCCC1)C(=O)NCCN1CCCC1. The van der Waals surface area contributed by atoms with E-state index in [-0.39, 0.29) is 11.8 Å². The van der Waals surface area contributed by atoms with E-state index < -0.39 is 6.04 Å². The molecular formula is C17H31N3O2. The molecule has 0 radical (unpaired) electrons. The molecule has 1 aliphatic carbocycles. The largest absolute Gasteiger partial charge is 0.353 e. The van der Waals surface area contributed by atoms with Crippen LogP contribution in [0.3, 0.4) is 0 Å². The standard InChI is InChI=1S/C17H31N3O2/c1-14(17(22)18-9-12-20-10-5-6-11-20)19-16(21)13-15-7-3-2-4-8-15/h14-15H,2-13H2,1H3,(H,18,22)(H,19,21)/t14-/m0/s1. The van der Waals surface area contributed by atoms with Crippen LogP contribution < -0.4 is 10.6 Å². The summed E-state index contributed by atoms with van der Waals surface area (Å²) in [5.41, 5.74) is 0. The Labute approximate surface area is 134 Å². The molecule has 5 nitrogen and oxygen atoms in total. The van der Waals surface area contributed by atoms with Crippen molar-refractivity contribution in [2.75, 3.05) is 26.2 Å². The molecule has 1 atom stereocenters. The molecule has 0 aromatic carbocycles. The van der Waals surface area contributed by atoms with Gasteiger partial charge in [0, 0.05) is 19.5 Å². The minimum atomic E-state index is -0.435. The third-order valence-electron chi connectivity index (χ3n) is 4.90. The van der Waals surface area contributed by atoms with Crippen molar-refractivity contribution in [2.45, 2.75) is 64.3 Å². The van der Waals surface area contributed by atoms with E-state index in [1.807, 2.05) is 0 Å². The van der Waals surface area contributed by atoms with Crippen molar-refractivity contribution in [1.29, 1.82) is 0 Å². The minimum absolute atomic E-state index is 0.0223. The molecule has 2 aliphatic rings. The number of carbonyl (C=O) groups excluding carboxylic acids is 2. The van der Waals surface area contributed by atoms with Crippen LogP contribution >= 0.6 is 0 Å². The Balaban J connectivity index is 1.59. The van der Waals surface area contributed by atoms with Gasteiger partial charge >= 0.3 is 0 Å². The lowest BCUT2D eigenvalue weighted by molar-refractivity contribution is -0.129. The monoisotopic (exact) mass is 309 g/mol. The summed E-state index contributed by atoms with van der Waals surface area (Å²) in [6.07, 6.45) is 9.20. The molecular weight excluding hydrogens is 278 g/mol. The number of nitrogens with zero attached hydrogens (tertiary/aromatic N) is 1. The fourth-order valence-electron chi connectivity index (χ4n) is 3.52. The highest BCUT2D eigenvalue weighted by atomic mass is 16.2. The summed E-state index contributed by atoms with van der Waals surface area (Å²) in [6, 6.07) is -0.435. The fraction of sp³-hybridized carbons (Fsp3) is 0.882. The van der Waals surface area contributed by atoms with Crippen LogP contribution in [0, 0.1) is 5.92 Å². The molecule has 1 saturated heterocycles. The molecule has 1 heterocycles. The molecule has 2 amide bonds. The predicted molar refractivity (Wildman–Crippen MR) is 87.5 cm³/mol. The maximum absolute atomic E-state index is 12.0. The second-order valence-corrected chi connectivity index (χ2v) is 6.84. The predicted octanol–water partition coefficient (Wildman–Crippen LogP) is 1.67. The Morgan fingerprint density at radius 1 is 1.09 bits per heavy atom. The first-order valence-corrected chi connectivity index (χ1v) is 8.94. The van der Waals surface area contributed by atoms with Crippen LogP contribution in [0.15, 0.2) is 0 Å². The van der Waals surface area contributed by atoms with Gasteiger partial charge in [-0.15, -0.1) is 0 Å². The Kier molecular flexibility index (Phi) is 7.16. The zero-order chi connectivity index (χ0) is 15.8. The number of hydrogen-bond acceptors (Lipinski definition) is 3. The number of carbonyl (C=O) groups is 2. The molecule has 0 unspecified atom stereocenters. The molecule has 5 heteroatoms. The molecule has 0 bridgehead atoms. The first-order valence-electron chi connectivity index (χ1n) is 8.94. The van der Waals surface area contributed by atoms with Gasteiger partial charge in [0.1, 0.15) is 6.04 Å². The van der Waals surface area contributed by atoms with Gasteiger partial charge in [-0.1, -0.05) is 19.3 Å². The van der Waals surface area contributed by atoms with Crippen molar-refractivity contribution in [3.8, 4) is 0 Å². The molecule has 2 fully saturated rings. The van der Waals surface area contributed by atoms with Crippen LogP contribution in [0.4, 0.5) is 0 Å². The van der Waals surface area contributed by atoms with Crippen LogP contribution in [-0.2, 0) is 9.59 Å². The van der Waals surface area contributed by atoms with Crippen molar-refractivity contribution in [3.63, 3.8) is 0 Å². The van der Waals surface area contributed by atoms with Crippen molar-refractivity contribution in [2.24, 2.45) is 5.92 Å². The van der Waals surface area contributed by atoms with Crippen molar-refractivity contribution < 1.29 is 9.59 Å². The summed E-state index contributed by atoms with van der Waals surface area (Å²) in [4.78, 5) is 26.4. The Hall–Kier alpha value is -1.10. The molecule has 1 saturated carbocycles. The van der Waals surface area contributed by atoms with E-state index in [2.05, 4.69) is 15.5 Å². The lowest BCUT2D eigenvalue weighted by Crippen LogP contribution is -2.46. The number of hydrogen-bond donors (Lipinski definition) is 2. The quantitative estimate of drug-likeness (QED) is 0.752. The Morgan fingerprint density at radius 2 is 1.77 bits per heavy atom. The highest BCUT2D eigenvalue weighted by Gasteiger charge is 2.20. The maximum Gasteiger partial charge on any atom is 0.242 e. The zero-order valence-electron chi connectivity index (χ0n) is 13.9. The summed E-state index contributed by atoms with van der Waals surface area (Å²) < 4.78 is 0. The molecule has 126 valence electrons. The molecule has 2 N–H and O–H groups in total. The van der Waals surface area contributed by atoms with E-state index in [4.69, 9.17) is 0 Å². The first-order chi connectivity index (χ1) is 10.6. The Morgan fingerprint density at radius 3 is 2.45 bits per heavy atom. The number of nitrogens with one attached hydrogen (secondary N) is 2. The topological polar surface area (TPSA) is 61.4 Å². The average molecular weight is 309 g/mol. The highest BCUT2D eigenvalue weighted by molar-refractivity contribution is 5.87. The molecule has 0 aromatic rings. The second kappa shape index (κ2) is 9.13. The molecule has 0 aromatic heterocycles. The zero-order valence-corrected chi connectivity index (χ0v) is 13.9.